The van der Waals surface area contributed by atoms with E-state index in [1.807, 2.05) is 6.07 Å². The maximum Gasteiger partial charge on any atom is 0.191 e. The lowest BCUT2D eigenvalue weighted by molar-refractivity contribution is 0.512. The summed E-state index contributed by atoms with van der Waals surface area (Å²) in [6, 6.07) is 12.8. The standard InChI is InChI=1S/C18H26N4S.HI/c1-14(2)17(22-16-7-5-4-6-8-16)12-21-18(19-3)20-11-15-9-10-23-13-15;/h4-10,13-14,17,22H,11-12H2,1-3H3,(H2,19,20,21);1H. The summed E-state index contributed by atoms with van der Waals surface area (Å²) in [5, 5.41) is 14.6. The number of halogens is 1. The molecule has 6 heteroatoms. The first kappa shape index (κ1) is 20.8. The fourth-order valence-corrected chi connectivity index (χ4v) is 2.88. The molecule has 0 aliphatic carbocycles. The van der Waals surface area contributed by atoms with Crippen molar-refractivity contribution in [2.24, 2.45) is 10.9 Å². The topological polar surface area (TPSA) is 48.5 Å². The van der Waals surface area contributed by atoms with Crippen LogP contribution in [0.5, 0.6) is 0 Å². The second-order valence-corrected chi connectivity index (χ2v) is 6.58. The number of hydrogen-bond donors (Lipinski definition) is 3. The molecule has 1 heterocycles. The van der Waals surface area contributed by atoms with Crippen LogP contribution in [0, 0.1) is 5.92 Å². The van der Waals surface area contributed by atoms with Crippen molar-refractivity contribution in [3.8, 4) is 0 Å². The van der Waals surface area contributed by atoms with E-state index in [9.17, 15) is 0 Å². The van der Waals surface area contributed by atoms with Crippen molar-refractivity contribution in [2.45, 2.75) is 26.4 Å². The van der Waals surface area contributed by atoms with Gasteiger partial charge in [0.15, 0.2) is 5.96 Å². The highest BCUT2D eigenvalue weighted by atomic mass is 127. The van der Waals surface area contributed by atoms with Crippen molar-refractivity contribution in [3.05, 3.63) is 52.7 Å². The maximum absolute atomic E-state index is 4.30. The molecule has 0 bridgehead atoms. The van der Waals surface area contributed by atoms with Gasteiger partial charge in [-0.25, -0.2) is 0 Å². The van der Waals surface area contributed by atoms with E-state index >= 15 is 0 Å². The first-order chi connectivity index (χ1) is 11.2. The minimum Gasteiger partial charge on any atom is -0.380 e. The van der Waals surface area contributed by atoms with Crippen LogP contribution in [0.2, 0.25) is 0 Å². The highest BCUT2D eigenvalue weighted by Crippen LogP contribution is 2.11. The van der Waals surface area contributed by atoms with Crippen LogP contribution in [0.25, 0.3) is 0 Å². The van der Waals surface area contributed by atoms with E-state index in [0.29, 0.717) is 12.0 Å². The normalized spacial score (nSPS) is 12.4. The Morgan fingerprint density at radius 1 is 1.12 bits per heavy atom. The van der Waals surface area contributed by atoms with E-state index in [1.54, 1.807) is 18.4 Å². The minimum atomic E-state index is 0. The number of thiophene rings is 1. The van der Waals surface area contributed by atoms with Gasteiger partial charge < -0.3 is 16.0 Å². The van der Waals surface area contributed by atoms with Crippen LogP contribution >= 0.6 is 35.3 Å². The summed E-state index contributed by atoms with van der Waals surface area (Å²) in [7, 11) is 1.80. The Labute approximate surface area is 166 Å². The molecule has 3 N–H and O–H groups in total. The highest BCUT2D eigenvalue weighted by molar-refractivity contribution is 14.0. The molecule has 0 saturated carbocycles. The second kappa shape index (κ2) is 11.3. The highest BCUT2D eigenvalue weighted by Gasteiger charge is 2.13. The van der Waals surface area contributed by atoms with Gasteiger partial charge >= 0.3 is 0 Å². The van der Waals surface area contributed by atoms with Crippen molar-refractivity contribution < 1.29 is 0 Å². The summed E-state index contributed by atoms with van der Waals surface area (Å²) >= 11 is 1.71. The predicted octanol–water partition coefficient (Wildman–Crippen LogP) is 4.17. The van der Waals surface area contributed by atoms with Gasteiger partial charge in [-0.05, 0) is 40.4 Å². The molecule has 4 nitrogen and oxygen atoms in total. The molecule has 0 amide bonds. The van der Waals surface area contributed by atoms with Crippen LogP contribution in [-0.4, -0.2) is 25.6 Å². The fourth-order valence-electron chi connectivity index (χ4n) is 2.21. The average molecular weight is 458 g/mol. The van der Waals surface area contributed by atoms with E-state index in [0.717, 1.165) is 24.7 Å². The third-order valence-corrected chi connectivity index (χ3v) is 4.42. The third kappa shape index (κ3) is 7.09. The molecule has 1 atom stereocenters. The molecular weight excluding hydrogens is 431 g/mol. The number of anilines is 1. The average Bonchev–Trinajstić information content (AvgIpc) is 3.08. The molecule has 0 radical (unpaired) electrons. The number of benzene rings is 1. The zero-order valence-corrected chi connectivity index (χ0v) is 17.6. The lowest BCUT2D eigenvalue weighted by Gasteiger charge is -2.25. The Morgan fingerprint density at radius 2 is 1.88 bits per heavy atom. The van der Waals surface area contributed by atoms with Crippen molar-refractivity contribution in [2.75, 3.05) is 18.9 Å². The quantitative estimate of drug-likeness (QED) is 0.332. The minimum absolute atomic E-state index is 0. The van der Waals surface area contributed by atoms with Crippen LogP contribution in [0.3, 0.4) is 0 Å². The number of nitrogens with zero attached hydrogens (tertiary/aromatic N) is 1. The second-order valence-electron chi connectivity index (χ2n) is 5.80. The summed E-state index contributed by atoms with van der Waals surface area (Å²) in [6.45, 7) is 6.06. The number of hydrogen-bond acceptors (Lipinski definition) is 3. The van der Waals surface area contributed by atoms with E-state index in [1.165, 1.54) is 5.56 Å². The van der Waals surface area contributed by atoms with Crippen molar-refractivity contribution in [1.29, 1.82) is 0 Å². The number of aliphatic imine (C=N–C) groups is 1. The van der Waals surface area contributed by atoms with E-state index < -0.39 is 0 Å². The van der Waals surface area contributed by atoms with E-state index in [4.69, 9.17) is 0 Å². The summed E-state index contributed by atoms with van der Waals surface area (Å²) in [5.41, 5.74) is 2.43. The molecule has 0 fully saturated rings. The lowest BCUT2D eigenvalue weighted by Crippen LogP contribution is -2.44. The van der Waals surface area contributed by atoms with E-state index in [2.05, 4.69) is 75.9 Å². The summed E-state index contributed by atoms with van der Waals surface area (Å²) in [5.74, 6) is 1.34. The monoisotopic (exact) mass is 458 g/mol. The molecule has 1 unspecified atom stereocenters. The van der Waals surface area contributed by atoms with E-state index in [-0.39, 0.29) is 24.0 Å². The Hall–Kier alpha value is -1.28. The van der Waals surface area contributed by atoms with Crippen LogP contribution in [0.15, 0.2) is 52.2 Å². The van der Waals surface area contributed by atoms with Gasteiger partial charge in [0, 0.05) is 31.9 Å². The Morgan fingerprint density at radius 3 is 2.46 bits per heavy atom. The summed E-state index contributed by atoms with van der Waals surface area (Å²) in [4.78, 5) is 4.30. The SMILES string of the molecule is CN=C(NCc1ccsc1)NCC(Nc1ccccc1)C(C)C.I. The first-order valence-electron chi connectivity index (χ1n) is 7.96. The van der Waals surface area contributed by atoms with Crippen LogP contribution in [0.1, 0.15) is 19.4 Å². The number of para-hydroxylation sites is 1. The maximum atomic E-state index is 4.30. The summed E-state index contributed by atoms with van der Waals surface area (Å²) in [6.07, 6.45) is 0. The van der Waals surface area contributed by atoms with Gasteiger partial charge in [-0.1, -0.05) is 32.0 Å². The molecule has 2 aromatic rings. The molecule has 0 aliphatic rings. The fraction of sp³-hybridized carbons (Fsp3) is 0.389. The molecule has 0 aliphatic heterocycles. The molecule has 24 heavy (non-hydrogen) atoms. The van der Waals surface area contributed by atoms with Crippen molar-refractivity contribution in [3.63, 3.8) is 0 Å². The summed E-state index contributed by atoms with van der Waals surface area (Å²) < 4.78 is 0. The predicted molar refractivity (Wildman–Crippen MR) is 117 cm³/mol. The zero-order valence-electron chi connectivity index (χ0n) is 14.5. The van der Waals surface area contributed by atoms with Gasteiger partial charge in [0.1, 0.15) is 0 Å². The Kier molecular flexibility index (Phi) is 9.78. The molecular formula is C18H27IN4S. The molecule has 2 rings (SSSR count). The smallest absolute Gasteiger partial charge is 0.191 e. The molecule has 0 saturated heterocycles. The molecule has 1 aromatic carbocycles. The lowest BCUT2D eigenvalue weighted by atomic mass is 10.0. The van der Waals surface area contributed by atoms with Gasteiger partial charge in [0.05, 0.1) is 0 Å². The van der Waals surface area contributed by atoms with Gasteiger partial charge in [-0.3, -0.25) is 4.99 Å². The molecule has 0 spiro atoms. The molecule has 132 valence electrons. The Balaban J connectivity index is 0.00000288. The van der Waals surface area contributed by atoms with Gasteiger partial charge in [-0.2, -0.15) is 11.3 Å². The van der Waals surface area contributed by atoms with Gasteiger partial charge in [-0.15, -0.1) is 24.0 Å². The van der Waals surface area contributed by atoms with Crippen LogP contribution in [0.4, 0.5) is 5.69 Å². The van der Waals surface area contributed by atoms with Crippen molar-refractivity contribution in [1.82, 2.24) is 10.6 Å². The number of nitrogens with one attached hydrogen (secondary N) is 3. The Bertz CT molecular complexity index is 584. The number of guanidine groups is 1. The van der Waals surface area contributed by atoms with Crippen molar-refractivity contribution >= 4 is 47.0 Å². The number of rotatable bonds is 7. The third-order valence-electron chi connectivity index (χ3n) is 3.68. The zero-order chi connectivity index (χ0) is 16.5. The van der Waals surface area contributed by atoms with Crippen LogP contribution < -0.4 is 16.0 Å². The van der Waals surface area contributed by atoms with Gasteiger partial charge in [0.25, 0.3) is 0 Å². The first-order valence-corrected chi connectivity index (χ1v) is 8.90. The van der Waals surface area contributed by atoms with Crippen LogP contribution in [-0.2, 0) is 6.54 Å². The largest absolute Gasteiger partial charge is 0.380 e. The van der Waals surface area contributed by atoms with Gasteiger partial charge in [0.2, 0.25) is 0 Å². The molecule has 1 aromatic heterocycles.